The van der Waals surface area contributed by atoms with Crippen molar-refractivity contribution in [1.82, 2.24) is 25.1 Å². The Labute approximate surface area is 121 Å². The summed E-state index contributed by atoms with van der Waals surface area (Å²) in [6, 6.07) is 0. The van der Waals surface area contributed by atoms with Crippen LogP contribution in [0.25, 0.3) is 0 Å². The van der Waals surface area contributed by atoms with E-state index < -0.39 is 0 Å². The van der Waals surface area contributed by atoms with Gasteiger partial charge in [0.2, 0.25) is 5.95 Å². The molecular weight excluding hydrogens is 272 g/mol. The molecule has 0 spiro atoms. The summed E-state index contributed by atoms with van der Waals surface area (Å²) < 4.78 is 6.09. The number of hydrogen-bond donors (Lipinski definition) is 2. The fourth-order valence-corrected chi connectivity index (χ4v) is 2.13. The zero-order chi connectivity index (χ0) is 14.7. The number of carbonyl (C=O) groups excluding carboxylic acids is 1. The average Bonchev–Trinajstić information content (AvgIpc) is 2.94. The highest BCUT2D eigenvalue weighted by Gasteiger charge is 2.12. The first-order valence-corrected chi connectivity index (χ1v) is 6.66. The monoisotopic (exact) mass is 288 g/mol. The largest absolute Gasteiger partial charge is 0.468 e. The molecule has 2 aromatic rings. The van der Waals surface area contributed by atoms with Gasteiger partial charge in [-0.2, -0.15) is 5.10 Å². The second-order valence-corrected chi connectivity index (χ2v) is 4.72. The molecule has 0 atom stereocenters. The third-order valence-electron chi connectivity index (χ3n) is 3.23. The van der Waals surface area contributed by atoms with Gasteiger partial charge in [-0.05, 0) is 18.5 Å². The van der Waals surface area contributed by atoms with Crippen LogP contribution >= 0.6 is 0 Å². The minimum Gasteiger partial charge on any atom is -0.468 e. The van der Waals surface area contributed by atoms with Crippen LogP contribution in [-0.4, -0.2) is 39.4 Å². The first kappa shape index (κ1) is 13.5. The number of methoxy groups -OCH3 is 1. The highest BCUT2D eigenvalue weighted by molar-refractivity contribution is 5.69. The van der Waals surface area contributed by atoms with Crippen molar-refractivity contribution >= 4 is 17.6 Å². The molecule has 0 saturated carbocycles. The third-order valence-corrected chi connectivity index (χ3v) is 3.23. The van der Waals surface area contributed by atoms with Crippen molar-refractivity contribution in [2.24, 2.45) is 0 Å². The molecule has 8 heteroatoms. The van der Waals surface area contributed by atoms with Crippen LogP contribution in [0, 0.1) is 0 Å². The van der Waals surface area contributed by atoms with Crippen LogP contribution in [0.5, 0.6) is 0 Å². The van der Waals surface area contributed by atoms with Crippen LogP contribution in [0.15, 0.2) is 18.6 Å². The fraction of sp³-hybridized carbons (Fsp3) is 0.385. The SMILES string of the molecule is COC(=O)Cn1cc(Nc2ncc3c(n2)CNCC3)cn1. The lowest BCUT2D eigenvalue weighted by Gasteiger charge is -2.16. The van der Waals surface area contributed by atoms with Crippen molar-refractivity contribution in [1.29, 1.82) is 0 Å². The summed E-state index contributed by atoms with van der Waals surface area (Å²) in [6.07, 6.45) is 6.12. The predicted molar refractivity (Wildman–Crippen MR) is 75.0 cm³/mol. The summed E-state index contributed by atoms with van der Waals surface area (Å²) in [6.45, 7) is 1.80. The number of carbonyl (C=O) groups is 1. The van der Waals surface area contributed by atoms with Crippen molar-refractivity contribution in [2.45, 2.75) is 19.5 Å². The number of aromatic nitrogens is 4. The molecular formula is C13H16N6O2. The quantitative estimate of drug-likeness (QED) is 0.778. The number of ether oxygens (including phenoxy) is 1. The highest BCUT2D eigenvalue weighted by Crippen LogP contribution is 2.15. The van der Waals surface area contributed by atoms with E-state index in [1.54, 1.807) is 12.4 Å². The van der Waals surface area contributed by atoms with Gasteiger partial charge in [-0.15, -0.1) is 0 Å². The zero-order valence-electron chi connectivity index (χ0n) is 11.7. The van der Waals surface area contributed by atoms with Crippen LogP contribution in [0.2, 0.25) is 0 Å². The summed E-state index contributed by atoms with van der Waals surface area (Å²) in [5, 5.41) is 10.4. The molecule has 21 heavy (non-hydrogen) atoms. The Morgan fingerprint density at radius 2 is 2.43 bits per heavy atom. The van der Waals surface area contributed by atoms with E-state index in [0.29, 0.717) is 5.95 Å². The first-order valence-electron chi connectivity index (χ1n) is 6.66. The van der Waals surface area contributed by atoms with Gasteiger partial charge in [0, 0.05) is 18.9 Å². The number of rotatable bonds is 4. The average molecular weight is 288 g/mol. The van der Waals surface area contributed by atoms with Gasteiger partial charge in [-0.1, -0.05) is 0 Å². The van der Waals surface area contributed by atoms with Crippen LogP contribution in [0.3, 0.4) is 0 Å². The third kappa shape index (κ3) is 3.16. The lowest BCUT2D eigenvalue weighted by atomic mass is 10.1. The van der Waals surface area contributed by atoms with Gasteiger partial charge >= 0.3 is 5.97 Å². The molecule has 0 unspecified atom stereocenters. The standard InChI is InChI=1S/C13H16N6O2/c1-21-12(20)8-19-7-10(5-16-19)17-13-15-4-9-2-3-14-6-11(9)18-13/h4-5,7,14H,2-3,6,8H2,1H3,(H,15,17,18). The molecule has 0 fully saturated rings. The fourth-order valence-electron chi connectivity index (χ4n) is 2.13. The molecule has 2 N–H and O–H groups in total. The van der Waals surface area contributed by atoms with Crippen molar-refractivity contribution in [3.63, 3.8) is 0 Å². The zero-order valence-corrected chi connectivity index (χ0v) is 11.7. The maximum atomic E-state index is 11.2. The molecule has 0 aliphatic carbocycles. The topological polar surface area (TPSA) is 94.0 Å². The van der Waals surface area contributed by atoms with E-state index >= 15 is 0 Å². The summed E-state index contributed by atoms with van der Waals surface area (Å²) in [5.41, 5.74) is 2.92. The molecule has 0 amide bonds. The van der Waals surface area contributed by atoms with Crippen molar-refractivity contribution < 1.29 is 9.53 Å². The molecule has 0 radical (unpaired) electrons. The Bertz CT molecular complexity index is 654. The summed E-state index contributed by atoms with van der Waals surface area (Å²) >= 11 is 0. The Balaban J connectivity index is 1.70. The van der Waals surface area contributed by atoms with Crippen molar-refractivity contribution in [3.8, 4) is 0 Å². The predicted octanol–water partition coefficient (Wildman–Crippen LogP) is 0.235. The van der Waals surface area contributed by atoms with Gasteiger partial charge in [-0.3, -0.25) is 9.48 Å². The molecule has 110 valence electrons. The van der Waals surface area contributed by atoms with E-state index in [2.05, 4.69) is 30.4 Å². The van der Waals surface area contributed by atoms with Crippen LogP contribution in [0.1, 0.15) is 11.3 Å². The molecule has 1 aliphatic heterocycles. The molecule has 0 saturated heterocycles. The Hall–Kier alpha value is -2.48. The summed E-state index contributed by atoms with van der Waals surface area (Å²) in [7, 11) is 1.35. The molecule has 0 aromatic carbocycles. The van der Waals surface area contributed by atoms with Crippen LogP contribution in [-0.2, 0) is 29.0 Å². The second kappa shape index (κ2) is 5.88. The Morgan fingerprint density at radius 1 is 1.52 bits per heavy atom. The van der Waals surface area contributed by atoms with E-state index in [1.807, 2.05) is 6.20 Å². The lowest BCUT2D eigenvalue weighted by Crippen LogP contribution is -2.25. The van der Waals surface area contributed by atoms with Gasteiger partial charge < -0.3 is 15.4 Å². The maximum absolute atomic E-state index is 11.2. The number of fused-ring (bicyclic) bond motifs is 1. The van der Waals surface area contributed by atoms with Crippen LogP contribution in [0.4, 0.5) is 11.6 Å². The van der Waals surface area contributed by atoms with E-state index in [1.165, 1.54) is 17.4 Å². The van der Waals surface area contributed by atoms with E-state index in [4.69, 9.17) is 0 Å². The van der Waals surface area contributed by atoms with Crippen molar-refractivity contribution in [3.05, 3.63) is 29.8 Å². The number of nitrogens with one attached hydrogen (secondary N) is 2. The molecule has 1 aliphatic rings. The molecule has 2 aromatic heterocycles. The lowest BCUT2D eigenvalue weighted by molar-refractivity contribution is -0.141. The highest BCUT2D eigenvalue weighted by atomic mass is 16.5. The molecule has 0 bridgehead atoms. The Morgan fingerprint density at radius 3 is 3.29 bits per heavy atom. The second-order valence-electron chi connectivity index (χ2n) is 4.72. The van der Waals surface area contributed by atoms with Crippen LogP contribution < -0.4 is 10.6 Å². The maximum Gasteiger partial charge on any atom is 0.327 e. The van der Waals surface area contributed by atoms with E-state index in [0.717, 1.165) is 30.9 Å². The van der Waals surface area contributed by atoms with Gasteiger partial charge in [0.15, 0.2) is 0 Å². The molecule has 3 rings (SSSR count). The molecule has 8 nitrogen and oxygen atoms in total. The first-order chi connectivity index (χ1) is 10.2. The Kier molecular flexibility index (Phi) is 3.78. The normalized spacial score (nSPS) is 13.6. The summed E-state index contributed by atoms with van der Waals surface area (Å²) in [5.74, 6) is 0.177. The minimum atomic E-state index is -0.347. The molecule has 3 heterocycles. The summed E-state index contributed by atoms with van der Waals surface area (Å²) in [4.78, 5) is 20.0. The minimum absolute atomic E-state index is 0.0765. The van der Waals surface area contributed by atoms with E-state index in [-0.39, 0.29) is 12.5 Å². The number of hydrogen-bond acceptors (Lipinski definition) is 7. The van der Waals surface area contributed by atoms with Gasteiger partial charge in [0.1, 0.15) is 6.54 Å². The van der Waals surface area contributed by atoms with Gasteiger partial charge in [0.05, 0.1) is 24.7 Å². The number of nitrogens with zero attached hydrogens (tertiary/aromatic N) is 4. The smallest absolute Gasteiger partial charge is 0.327 e. The van der Waals surface area contributed by atoms with E-state index in [9.17, 15) is 4.79 Å². The van der Waals surface area contributed by atoms with Gasteiger partial charge in [0.25, 0.3) is 0 Å². The number of anilines is 2. The van der Waals surface area contributed by atoms with Crippen molar-refractivity contribution in [2.75, 3.05) is 19.0 Å². The number of esters is 1. The van der Waals surface area contributed by atoms with Gasteiger partial charge in [-0.25, -0.2) is 9.97 Å².